The molecule has 2 atom stereocenters. The lowest BCUT2D eigenvalue weighted by atomic mass is 10.1. The van der Waals surface area contributed by atoms with E-state index in [2.05, 4.69) is 17.2 Å². The molecule has 5 N–H and O–H groups in total. The number of unbranched alkanes of at least 4 members (excludes halogenated alkanes) is 5. The minimum atomic E-state index is -0.974. The summed E-state index contributed by atoms with van der Waals surface area (Å²) in [7, 11) is 0. The number of rotatable bonds is 22. The Morgan fingerprint density at radius 1 is 0.938 bits per heavy atom. The zero-order chi connectivity index (χ0) is 35.3. The first-order valence-electron chi connectivity index (χ1n) is 16.9. The van der Waals surface area contributed by atoms with Crippen molar-refractivity contribution in [3.63, 3.8) is 0 Å². The first kappa shape index (κ1) is 39.9. The molecular weight excluding hydrogens is 616 g/mol. The number of aryl methyl sites for hydroxylation is 1. The number of primary amides is 1. The molecule has 264 valence electrons. The summed E-state index contributed by atoms with van der Waals surface area (Å²) in [6.07, 6.45) is 7.51. The Bertz CT molecular complexity index is 1480. The number of hydrogen-bond acceptors (Lipinski definition) is 8. The fourth-order valence-corrected chi connectivity index (χ4v) is 5.10. The van der Waals surface area contributed by atoms with E-state index in [9.17, 15) is 24.3 Å². The van der Waals surface area contributed by atoms with Gasteiger partial charge in [-0.05, 0) is 56.1 Å². The summed E-state index contributed by atoms with van der Waals surface area (Å²) in [5, 5.41) is 21.7. The minimum absolute atomic E-state index is 0.0629. The molecule has 0 aliphatic carbocycles. The number of hydrogen-bond donors (Lipinski definition) is 4. The van der Waals surface area contributed by atoms with Gasteiger partial charge in [-0.1, -0.05) is 70.2 Å². The van der Waals surface area contributed by atoms with Crippen molar-refractivity contribution in [2.45, 2.75) is 104 Å². The smallest absolute Gasteiger partial charge is 0.333 e. The predicted molar refractivity (Wildman–Crippen MR) is 185 cm³/mol. The van der Waals surface area contributed by atoms with Crippen LogP contribution in [-0.2, 0) is 38.5 Å². The number of nitrogens with one attached hydrogen (secondary N) is 1. The molecule has 48 heavy (non-hydrogen) atoms. The Kier molecular flexibility index (Phi) is 18.5. The highest BCUT2D eigenvalue weighted by Gasteiger charge is 2.18. The molecule has 1 aromatic heterocycles. The summed E-state index contributed by atoms with van der Waals surface area (Å²) in [5.41, 5.74) is 6.50. The third-order valence-electron chi connectivity index (χ3n) is 7.73. The third kappa shape index (κ3) is 14.2. The molecule has 1 heterocycles. The number of carbonyl (C=O) groups is 3. The number of carboxylic acid groups (broad SMARTS) is 2. The van der Waals surface area contributed by atoms with Crippen LogP contribution in [-0.4, -0.2) is 69.5 Å². The third-order valence-corrected chi connectivity index (χ3v) is 7.73. The van der Waals surface area contributed by atoms with Crippen LogP contribution in [0, 0.1) is 0 Å². The lowest BCUT2D eigenvalue weighted by Crippen LogP contribution is -2.38. The minimum Gasteiger partial charge on any atom is -0.492 e. The number of carbonyl (C=O) groups excluding carboxylic acids is 1. The van der Waals surface area contributed by atoms with Gasteiger partial charge < -0.3 is 30.7 Å². The van der Waals surface area contributed by atoms with Crippen molar-refractivity contribution in [1.29, 1.82) is 0 Å². The SMILES string of the molecule is CCCCCCCCNC(CCC(N)=O)C(=O)O.CCOC(Cc1ccc(OCCn2c(CC)nc3ccccc3c2=O)cc1)C(=O)O. The topological polar surface area (TPSA) is 183 Å². The molecule has 0 radical (unpaired) electrons. The maximum Gasteiger partial charge on any atom is 0.333 e. The van der Waals surface area contributed by atoms with E-state index < -0.39 is 30.0 Å². The van der Waals surface area contributed by atoms with Gasteiger partial charge in [0.1, 0.15) is 24.2 Å². The quantitative estimate of drug-likeness (QED) is 0.109. The summed E-state index contributed by atoms with van der Waals surface area (Å²) in [4.78, 5) is 50.1. The van der Waals surface area contributed by atoms with Gasteiger partial charge in [0.2, 0.25) is 5.91 Å². The van der Waals surface area contributed by atoms with E-state index in [0.29, 0.717) is 55.8 Å². The van der Waals surface area contributed by atoms with Gasteiger partial charge in [0, 0.05) is 25.9 Å². The Morgan fingerprint density at radius 2 is 1.62 bits per heavy atom. The van der Waals surface area contributed by atoms with Gasteiger partial charge in [-0.25, -0.2) is 9.78 Å². The van der Waals surface area contributed by atoms with E-state index in [1.807, 2.05) is 37.3 Å². The van der Waals surface area contributed by atoms with Crippen molar-refractivity contribution in [3.05, 3.63) is 70.3 Å². The van der Waals surface area contributed by atoms with Crippen LogP contribution in [0.4, 0.5) is 0 Å². The highest BCUT2D eigenvalue weighted by Crippen LogP contribution is 2.15. The Morgan fingerprint density at radius 3 is 2.25 bits per heavy atom. The number of nitrogens with two attached hydrogens (primary N) is 1. The number of aliphatic carboxylic acids is 2. The van der Waals surface area contributed by atoms with E-state index >= 15 is 0 Å². The van der Waals surface area contributed by atoms with E-state index in [1.165, 1.54) is 25.7 Å². The predicted octanol–water partition coefficient (Wildman–Crippen LogP) is 4.73. The molecule has 0 bridgehead atoms. The molecule has 0 aliphatic heterocycles. The number of nitrogens with zero attached hydrogens (tertiary/aromatic N) is 2. The van der Waals surface area contributed by atoms with Crippen molar-refractivity contribution in [2.24, 2.45) is 5.73 Å². The number of ether oxygens (including phenoxy) is 2. The molecule has 0 spiro atoms. The number of aromatic nitrogens is 2. The summed E-state index contributed by atoms with van der Waals surface area (Å²) in [5.74, 6) is -0.960. The van der Waals surface area contributed by atoms with Gasteiger partial charge in [-0.3, -0.25) is 19.0 Å². The van der Waals surface area contributed by atoms with Crippen molar-refractivity contribution in [1.82, 2.24) is 14.9 Å². The van der Waals surface area contributed by atoms with Gasteiger partial charge in [0.15, 0.2) is 6.10 Å². The molecule has 2 aromatic carbocycles. The van der Waals surface area contributed by atoms with Crippen LogP contribution in [0.1, 0.15) is 83.5 Å². The molecule has 12 heteroatoms. The van der Waals surface area contributed by atoms with Crippen molar-refractivity contribution >= 4 is 28.7 Å². The molecular formula is C36H52N4O8. The number of benzene rings is 2. The molecule has 1 amide bonds. The highest BCUT2D eigenvalue weighted by atomic mass is 16.5. The van der Waals surface area contributed by atoms with Crippen molar-refractivity contribution < 1.29 is 34.1 Å². The van der Waals surface area contributed by atoms with Crippen LogP contribution in [0.15, 0.2) is 53.3 Å². The lowest BCUT2D eigenvalue weighted by Gasteiger charge is -2.14. The molecule has 0 fully saturated rings. The van der Waals surface area contributed by atoms with E-state index in [-0.39, 0.29) is 18.4 Å². The molecule has 0 aliphatic rings. The van der Waals surface area contributed by atoms with Crippen LogP contribution in [0.3, 0.4) is 0 Å². The Balaban J connectivity index is 0.000000383. The summed E-state index contributed by atoms with van der Waals surface area (Å²) < 4.78 is 12.7. The molecule has 0 saturated carbocycles. The number of fused-ring (bicyclic) bond motifs is 1. The maximum absolute atomic E-state index is 12.8. The molecule has 2 unspecified atom stereocenters. The Labute approximate surface area is 282 Å². The fraction of sp³-hybridized carbons (Fsp3) is 0.528. The monoisotopic (exact) mass is 668 g/mol. The highest BCUT2D eigenvalue weighted by molar-refractivity contribution is 5.78. The van der Waals surface area contributed by atoms with Gasteiger partial charge in [-0.15, -0.1) is 0 Å². The average Bonchev–Trinajstić information content (AvgIpc) is 3.07. The summed E-state index contributed by atoms with van der Waals surface area (Å²) in [6.45, 7) is 7.67. The summed E-state index contributed by atoms with van der Waals surface area (Å²) in [6, 6.07) is 13.9. The van der Waals surface area contributed by atoms with Crippen LogP contribution in [0.25, 0.3) is 10.9 Å². The average molecular weight is 669 g/mol. The van der Waals surface area contributed by atoms with Gasteiger partial charge >= 0.3 is 11.9 Å². The normalized spacial score (nSPS) is 12.1. The zero-order valence-electron chi connectivity index (χ0n) is 28.5. The van der Waals surface area contributed by atoms with E-state index in [0.717, 1.165) is 24.2 Å². The summed E-state index contributed by atoms with van der Waals surface area (Å²) >= 11 is 0. The second-order valence-corrected chi connectivity index (χ2v) is 11.5. The first-order chi connectivity index (χ1) is 23.1. The van der Waals surface area contributed by atoms with E-state index in [4.69, 9.17) is 20.3 Å². The van der Waals surface area contributed by atoms with E-state index in [1.54, 1.807) is 29.7 Å². The van der Waals surface area contributed by atoms with Gasteiger partial charge in [0.25, 0.3) is 5.56 Å². The molecule has 3 rings (SSSR count). The lowest BCUT2D eigenvalue weighted by molar-refractivity contribution is -0.150. The van der Waals surface area contributed by atoms with Gasteiger partial charge in [-0.2, -0.15) is 0 Å². The fourth-order valence-electron chi connectivity index (χ4n) is 5.10. The van der Waals surface area contributed by atoms with Crippen LogP contribution >= 0.6 is 0 Å². The maximum atomic E-state index is 12.8. The second-order valence-electron chi connectivity index (χ2n) is 11.5. The van der Waals surface area contributed by atoms with Crippen LogP contribution in [0.5, 0.6) is 5.75 Å². The second kappa shape index (κ2) is 22.3. The Hall–Kier alpha value is -4.29. The number of para-hydroxylation sites is 1. The standard InChI is InChI=1S/C23H26N2O5.C13H26N2O3/c1-3-21-24-19-8-6-5-7-18(19)22(26)25(21)13-14-30-17-11-9-16(10-12-17)15-20(23(27)28)29-4-2;1-2-3-4-5-6-7-10-15-11(13(17)18)8-9-12(14)16/h5-12,20H,3-4,13-15H2,1-2H3,(H,27,28);11,15H,2-10H2,1H3,(H2,14,16)(H,17,18). The first-order valence-corrected chi connectivity index (χ1v) is 16.9. The zero-order valence-corrected chi connectivity index (χ0v) is 28.5. The van der Waals surface area contributed by atoms with Crippen LogP contribution < -0.4 is 21.3 Å². The van der Waals surface area contributed by atoms with Crippen molar-refractivity contribution in [3.8, 4) is 5.75 Å². The number of carboxylic acids is 2. The van der Waals surface area contributed by atoms with Gasteiger partial charge in [0.05, 0.1) is 17.4 Å². The van der Waals surface area contributed by atoms with Crippen LogP contribution in [0.2, 0.25) is 0 Å². The molecule has 3 aromatic rings. The van der Waals surface area contributed by atoms with Crippen molar-refractivity contribution in [2.75, 3.05) is 19.8 Å². The molecule has 12 nitrogen and oxygen atoms in total. The molecule has 0 saturated heterocycles. The largest absolute Gasteiger partial charge is 0.492 e. The number of amides is 1.